The van der Waals surface area contributed by atoms with E-state index in [4.69, 9.17) is 4.74 Å². The smallest absolute Gasteiger partial charge is 0.129 e. The van der Waals surface area contributed by atoms with Gasteiger partial charge in [0.25, 0.3) is 0 Å². The number of nitrogens with one attached hydrogen (secondary N) is 1. The van der Waals surface area contributed by atoms with Gasteiger partial charge in [-0.3, -0.25) is 0 Å². The Balaban J connectivity index is 2.11. The highest BCUT2D eigenvalue weighted by atomic mass is 32.1. The Labute approximate surface area is 110 Å². The predicted octanol–water partition coefficient (Wildman–Crippen LogP) is 3.40. The summed E-state index contributed by atoms with van der Waals surface area (Å²) in [7, 11) is 3.60. The van der Waals surface area contributed by atoms with Gasteiger partial charge in [-0.15, -0.1) is 11.3 Å². The maximum absolute atomic E-state index is 12.8. The van der Waals surface area contributed by atoms with Crippen LogP contribution in [0.25, 0.3) is 0 Å². The van der Waals surface area contributed by atoms with E-state index in [-0.39, 0.29) is 11.9 Å². The fraction of sp³-hybridized carbons (Fsp3) is 0.286. The molecule has 1 atom stereocenters. The van der Waals surface area contributed by atoms with Crippen LogP contribution in [0.5, 0.6) is 5.75 Å². The standard InChI is InChI=1S/C14H16FNOS/c1-16-13(14-8-12(17-2)9-18-14)7-10-3-5-11(15)6-4-10/h3-6,8-9,13,16H,7H2,1-2H3. The van der Waals surface area contributed by atoms with Gasteiger partial charge in [0.05, 0.1) is 7.11 Å². The minimum atomic E-state index is -0.197. The van der Waals surface area contributed by atoms with Crippen molar-refractivity contribution >= 4 is 11.3 Å². The first-order chi connectivity index (χ1) is 8.72. The molecule has 2 nitrogen and oxygen atoms in total. The van der Waals surface area contributed by atoms with Crippen molar-refractivity contribution in [2.45, 2.75) is 12.5 Å². The molecule has 1 N–H and O–H groups in total. The molecular weight excluding hydrogens is 249 g/mol. The first-order valence-electron chi connectivity index (χ1n) is 5.77. The molecule has 2 aromatic rings. The lowest BCUT2D eigenvalue weighted by atomic mass is 10.0. The van der Waals surface area contributed by atoms with Crippen LogP contribution in [0.3, 0.4) is 0 Å². The molecule has 1 aromatic carbocycles. The van der Waals surface area contributed by atoms with Crippen LogP contribution in [0.1, 0.15) is 16.5 Å². The molecule has 1 aromatic heterocycles. The molecular formula is C14H16FNOS. The molecule has 0 fully saturated rings. The van der Waals surface area contributed by atoms with E-state index < -0.39 is 0 Å². The van der Waals surface area contributed by atoms with Crippen molar-refractivity contribution in [3.8, 4) is 5.75 Å². The molecule has 0 spiro atoms. The van der Waals surface area contributed by atoms with Crippen LogP contribution in [-0.2, 0) is 6.42 Å². The van der Waals surface area contributed by atoms with Gasteiger partial charge < -0.3 is 10.1 Å². The summed E-state index contributed by atoms with van der Waals surface area (Å²) in [6.07, 6.45) is 0.834. The van der Waals surface area contributed by atoms with Gasteiger partial charge in [-0.05, 0) is 37.2 Å². The molecule has 0 bridgehead atoms. The van der Waals surface area contributed by atoms with Crippen LogP contribution in [0, 0.1) is 5.82 Å². The Morgan fingerprint density at radius 3 is 2.61 bits per heavy atom. The first-order valence-corrected chi connectivity index (χ1v) is 6.65. The Morgan fingerprint density at radius 2 is 2.06 bits per heavy atom. The summed E-state index contributed by atoms with van der Waals surface area (Å²) in [6.45, 7) is 0. The number of benzene rings is 1. The average Bonchev–Trinajstić information content (AvgIpc) is 2.87. The molecule has 0 radical (unpaired) electrons. The first kappa shape index (κ1) is 13.1. The summed E-state index contributed by atoms with van der Waals surface area (Å²) >= 11 is 1.67. The van der Waals surface area contributed by atoms with Crippen LogP contribution in [0.2, 0.25) is 0 Å². The van der Waals surface area contributed by atoms with Gasteiger partial charge in [0.1, 0.15) is 11.6 Å². The number of hydrogen-bond acceptors (Lipinski definition) is 3. The third kappa shape index (κ3) is 3.09. The molecule has 0 saturated carbocycles. The van der Waals surface area contributed by atoms with Crippen molar-refractivity contribution < 1.29 is 9.13 Å². The zero-order valence-electron chi connectivity index (χ0n) is 10.4. The molecule has 0 aliphatic carbocycles. The Kier molecular flexibility index (Phi) is 4.33. The van der Waals surface area contributed by atoms with Crippen molar-refractivity contribution in [2.75, 3.05) is 14.2 Å². The second kappa shape index (κ2) is 5.98. The number of rotatable bonds is 5. The quantitative estimate of drug-likeness (QED) is 0.894. The molecule has 4 heteroatoms. The maximum atomic E-state index is 12.8. The van der Waals surface area contributed by atoms with Crippen molar-refractivity contribution in [3.63, 3.8) is 0 Å². The van der Waals surface area contributed by atoms with Gasteiger partial charge in [-0.2, -0.15) is 0 Å². The summed E-state index contributed by atoms with van der Waals surface area (Å²) < 4.78 is 18.0. The molecule has 96 valence electrons. The van der Waals surface area contributed by atoms with E-state index in [2.05, 4.69) is 5.32 Å². The summed E-state index contributed by atoms with van der Waals surface area (Å²) in [4.78, 5) is 1.22. The number of methoxy groups -OCH3 is 1. The van der Waals surface area contributed by atoms with Gasteiger partial charge in [-0.1, -0.05) is 12.1 Å². The lowest BCUT2D eigenvalue weighted by molar-refractivity contribution is 0.416. The largest absolute Gasteiger partial charge is 0.496 e. The van der Waals surface area contributed by atoms with E-state index in [0.717, 1.165) is 17.7 Å². The van der Waals surface area contributed by atoms with Crippen LogP contribution in [-0.4, -0.2) is 14.2 Å². The molecule has 0 aliphatic heterocycles. The van der Waals surface area contributed by atoms with Gasteiger partial charge >= 0.3 is 0 Å². The van der Waals surface area contributed by atoms with E-state index in [1.54, 1.807) is 18.4 Å². The van der Waals surface area contributed by atoms with Crippen molar-refractivity contribution in [3.05, 3.63) is 52.0 Å². The number of halogens is 1. The van der Waals surface area contributed by atoms with E-state index >= 15 is 0 Å². The van der Waals surface area contributed by atoms with Crippen molar-refractivity contribution in [1.82, 2.24) is 5.32 Å². The maximum Gasteiger partial charge on any atom is 0.129 e. The van der Waals surface area contributed by atoms with Crippen molar-refractivity contribution in [2.24, 2.45) is 0 Å². The number of ether oxygens (including phenoxy) is 1. The predicted molar refractivity (Wildman–Crippen MR) is 72.8 cm³/mol. The highest BCUT2D eigenvalue weighted by Crippen LogP contribution is 2.28. The van der Waals surface area contributed by atoms with E-state index in [0.29, 0.717) is 0 Å². The van der Waals surface area contributed by atoms with Gasteiger partial charge in [0, 0.05) is 16.3 Å². The number of thiophene rings is 1. The second-order valence-electron chi connectivity index (χ2n) is 4.06. The van der Waals surface area contributed by atoms with Gasteiger partial charge in [0.2, 0.25) is 0 Å². The molecule has 2 rings (SSSR count). The third-order valence-electron chi connectivity index (χ3n) is 2.88. The third-order valence-corrected chi connectivity index (χ3v) is 3.90. The molecule has 18 heavy (non-hydrogen) atoms. The van der Waals surface area contributed by atoms with Crippen molar-refractivity contribution in [1.29, 1.82) is 0 Å². The van der Waals surface area contributed by atoms with Crippen LogP contribution in [0.4, 0.5) is 4.39 Å². The highest BCUT2D eigenvalue weighted by Gasteiger charge is 2.13. The van der Waals surface area contributed by atoms with Crippen LogP contribution in [0.15, 0.2) is 35.7 Å². The fourth-order valence-corrected chi connectivity index (χ4v) is 2.79. The Bertz CT molecular complexity index is 495. The van der Waals surface area contributed by atoms with E-state index in [1.807, 2.05) is 30.6 Å². The zero-order chi connectivity index (χ0) is 13.0. The lowest BCUT2D eigenvalue weighted by Crippen LogP contribution is -2.17. The molecule has 0 aliphatic rings. The minimum absolute atomic E-state index is 0.197. The van der Waals surface area contributed by atoms with Gasteiger partial charge in [-0.25, -0.2) is 4.39 Å². The summed E-state index contributed by atoms with van der Waals surface area (Å²) in [5.74, 6) is 0.687. The molecule has 0 amide bonds. The summed E-state index contributed by atoms with van der Waals surface area (Å²) in [6, 6.07) is 8.91. The number of likely N-dealkylation sites (N-methyl/N-ethyl adjacent to an activating group) is 1. The fourth-order valence-electron chi connectivity index (χ4n) is 1.83. The average molecular weight is 265 g/mol. The van der Waals surface area contributed by atoms with Gasteiger partial charge in [0.15, 0.2) is 0 Å². The SMILES string of the molecule is CNC(Cc1ccc(F)cc1)c1cc(OC)cs1. The molecule has 0 saturated heterocycles. The molecule has 1 unspecified atom stereocenters. The van der Waals surface area contributed by atoms with Crippen LogP contribution < -0.4 is 10.1 Å². The Hall–Kier alpha value is -1.39. The number of hydrogen-bond donors (Lipinski definition) is 1. The monoisotopic (exact) mass is 265 g/mol. The lowest BCUT2D eigenvalue weighted by Gasteiger charge is -2.14. The van der Waals surface area contributed by atoms with E-state index in [1.165, 1.54) is 17.0 Å². The summed E-state index contributed by atoms with van der Waals surface area (Å²) in [5, 5.41) is 5.27. The van der Waals surface area contributed by atoms with Crippen LogP contribution >= 0.6 is 11.3 Å². The topological polar surface area (TPSA) is 21.3 Å². The van der Waals surface area contributed by atoms with E-state index in [9.17, 15) is 4.39 Å². The summed E-state index contributed by atoms with van der Waals surface area (Å²) in [5.41, 5.74) is 1.11. The highest BCUT2D eigenvalue weighted by molar-refractivity contribution is 7.10. The molecule has 1 heterocycles. The zero-order valence-corrected chi connectivity index (χ0v) is 11.3. The minimum Gasteiger partial charge on any atom is -0.496 e. The second-order valence-corrected chi connectivity index (χ2v) is 5.00. The normalized spacial score (nSPS) is 12.4. The Morgan fingerprint density at radius 1 is 1.33 bits per heavy atom.